The Morgan fingerprint density at radius 3 is 2.05 bits per heavy atom. The summed E-state index contributed by atoms with van der Waals surface area (Å²) in [6.07, 6.45) is -1.14. The molecule has 0 aliphatic heterocycles. The van der Waals surface area contributed by atoms with Crippen LogP contribution in [0, 0.1) is 6.92 Å². The second kappa shape index (κ2) is 13.1. The number of methoxy groups -OCH3 is 1. The molecule has 0 saturated heterocycles. The Morgan fingerprint density at radius 1 is 0.865 bits per heavy atom. The van der Waals surface area contributed by atoms with Crippen LogP contribution in [0.4, 0.5) is 4.79 Å². The first-order valence-electron chi connectivity index (χ1n) is 11.7. The molecule has 9 nitrogen and oxygen atoms in total. The number of nitrogens with one attached hydrogen (secondary N) is 1. The number of hydrazine groups is 1. The lowest BCUT2D eigenvalue weighted by Crippen LogP contribution is -2.59. The molecule has 2 atom stereocenters. The Kier molecular flexibility index (Phi) is 9.62. The number of benzene rings is 3. The number of aryl methyl sites for hydroxylation is 1. The van der Waals surface area contributed by atoms with Crippen molar-refractivity contribution >= 4 is 18.0 Å². The van der Waals surface area contributed by atoms with Gasteiger partial charge in [0.2, 0.25) is 0 Å². The fraction of sp³-hybridized carbons (Fsp3) is 0.250. The molecular formula is C28H30N2O7. The molecule has 0 aliphatic rings. The Morgan fingerprint density at radius 2 is 1.49 bits per heavy atom. The molecule has 37 heavy (non-hydrogen) atoms. The monoisotopic (exact) mass is 506 g/mol. The van der Waals surface area contributed by atoms with Crippen LogP contribution in [0.2, 0.25) is 0 Å². The smallest absolute Gasteiger partial charge is 0.425 e. The van der Waals surface area contributed by atoms with Crippen LogP contribution in [-0.4, -0.2) is 52.4 Å². The van der Waals surface area contributed by atoms with Gasteiger partial charge in [-0.15, -0.1) is 0 Å². The largest absolute Gasteiger partial charge is 0.496 e. The zero-order valence-corrected chi connectivity index (χ0v) is 20.7. The standard InChI is InChI=1S/C28H30N2O7/c1-19-13-14-25(36-2)22(15-19)17-23(26(31)32)29-30(28(35)37-18-21-11-7-4-8-12-21)24(27(33)34)16-20-9-5-3-6-10-20/h3-15,23-24,29H,16-18H2,1-2H3,(H,31,32)(H,33,34)/t23-,24-/m0/s1. The number of rotatable bonds is 12. The van der Waals surface area contributed by atoms with Gasteiger partial charge in [0.15, 0.2) is 6.04 Å². The van der Waals surface area contributed by atoms with Gasteiger partial charge in [-0.3, -0.25) is 4.79 Å². The van der Waals surface area contributed by atoms with Crippen LogP contribution in [0.25, 0.3) is 0 Å². The van der Waals surface area contributed by atoms with Gasteiger partial charge < -0.3 is 19.7 Å². The quantitative estimate of drug-likeness (QED) is 0.317. The molecule has 0 spiro atoms. The molecule has 0 fully saturated rings. The van der Waals surface area contributed by atoms with Gasteiger partial charge in [0.25, 0.3) is 0 Å². The third-order valence-electron chi connectivity index (χ3n) is 5.72. The number of carbonyl (C=O) groups is 3. The third kappa shape index (κ3) is 7.81. The predicted molar refractivity (Wildman–Crippen MR) is 136 cm³/mol. The van der Waals surface area contributed by atoms with Gasteiger partial charge in [0, 0.05) is 12.8 Å². The van der Waals surface area contributed by atoms with Gasteiger partial charge in [0.05, 0.1) is 7.11 Å². The van der Waals surface area contributed by atoms with Gasteiger partial charge in [-0.2, -0.15) is 0 Å². The minimum Gasteiger partial charge on any atom is -0.496 e. The minimum absolute atomic E-state index is 0.0658. The van der Waals surface area contributed by atoms with E-state index in [1.807, 2.05) is 19.1 Å². The molecule has 3 aromatic carbocycles. The van der Waals surface area contributed by atoms with Crippen LogP contribution in [-0.2, 0) is 33.8 Å². The maximum absolute atomic E-state index is 13.2. The molecule has 0 heterocycles. The Labute approximate surface area is 215 Å². The first-order valence-corrected chi connectivity index (χ1v) is 11.7. The van der Waals surface area contributed by atoms with Crippen LogP contribution in [0.1, 0.15) is 22.3 Å². The number of carbonyl (C=O) groups excluding carboxylic acids is 1. The number of hydrogen-bond donors (Lipinski definition) is 3. The second-order valence-corrected chi connectivity index (χ2v) is 8.49. The number of hydrogen-bond acceptors (Lipinski definition) is 6. The molecule has 3 N–H and O–H groups in total. The van der Waals surface area contributed by atoms with Crippen molar-refractivity contribution in [2.45, 2.75) is 38.5 Å². The summed E-state index contributed by atoms with van der Waals surface area (Å²) in [5.41, 5.74) is 5.48. The van der Waals surface area contributed by atoms with E-state index >= 15 is 0 Å². The molecular weight excluding hydrogens is 476 g/mol. The van der Waals surface area contributed by atoms with E-state index < -0.39 is 30.1 Å². The van der Waals surface area contributed by atoms with E-state index in [-0.39, 0.29) is 19.4 Å². The average Bonchev–Trinajstić information content (AvgIpc) is 2.89. The molecule has 194 valence electrons. The van der Waals surface area contributed by atoms with Crippen molar-refractivity contribution in [3.05, 3.63) is 101 Å². The van der Waals surface area contributed by atoms with Crippen molar-refractivity contribution in [1.82, 2.24) is 10.4 Å². The van der Waals surface area contributed by atoms with E-state index in [0.717, 1.165) is 10.6 Å². The zero-order chi connectivity index (χ0) is 26.8. The highest BCUT2D eigenvalue weighted by Crippen LogP contribution is 2.22. The van der Waals surface area contributed by atoms with Crippen LogP contribution >= 0.6 is 0 Å². The summed E-state index contributed by atoms with van der Waals surface area (Å²) in [6.45, 7) is 1.75. The summed E-state index contributed by atoms with van der Waals surface area (Å²) in [5.74, 6) is -2.10. The fourth-order valence-electron chi connectivity index (χ4n) is 3.83. The van der Waals surface area contributed by atoms with E-state index in [2.05, 4.69) is 5.43 Å². The molecule has 0 aromatic heterocycles. The van der Waals surface area contributed by atoms with Crippen molar-refractivity contribution in [2.24, 2.45) is 0 Å². The van der Waals surface area contributed by atoms with Crippen molar-refractivity contribution < 1.29 is 34.1 Å². The summed E-state index contributed by atoms with van der Waals surface area (Å²) in [7, 11) is 1.48. The van der Waals surface area contributed by atoms with E-state index in [1.54, 1.807) is 66.7 Å². The van der Waals surface area contributed by atoms with Crippen LogP contribution < -0.4 is 10.2 Å². The maximum Gasteiger partial charge on any atom is 0.425 e. The van der Waals surface area contributed by atoms with Gasteiger partial charge in [-0.25, -0.2) is 20.0 Å². The lowest BCUT2D eigenvalue weighted by atomic mass is 10.0. The molecule has 3 rings (SSSR count). The topological polar surface area (TPSA) is 125 Å². The summed E-state index contributed by atoms with van der Waals surface area (Å²) in [5, 5.41) is 20.8. The number of aliphatic carboxylic acids is 2. The summed E-state index contributed by atoms with van der Waals surface area (Å²) < 4.78 is 10.8. The van der Waals surface area contributed by atoms with Crippen molar-refractivity contribution in [3.8, 4) is 5.75 Å². The van der Waals surface area contributed by atoms with Crippen molar-refractivity contribution in [2.75, 3.05) is 7.11 Å². The number of amides is 1. The molecule has 0 aliphatic carbocycles. The number of carboxylic acid groups (broad SMARTS) is 2. The average molecular weight is 507 g/mol. The van der Waals surface area contributed by atoms with E-state index in [0.29, 0.717) is 22.4 Å². The summed E-state index contributed by atoms with van der Waals surface area (Å²) >= 11 is 0. The fourth-order valence-corrected chi connectivity index (χ4v) is 3.83. The Hall–Kier alpha value is -4.37. The normalized spacial score (nSPS) is 12.3. The lowest BCUT2D eigenvalue weighted by Gasteiger charge is -2.31. The SMILES string of the molecule is COc1ccc(C)cc1C[C@H](NN(C(=O)OCc1ccccc1)[C@@H](Cc1ccccc1)C(=O)O)C(=O)O. The highest BCUT2D eigenvalue weighted by molar-refractivity contribution is 5.81. The Balaban J connectivity index is 1.91. The molecule has 0 unspecified atom stereocenters. The van der Waals surface area contributed by atoms with E-state index in [9.17, 15) is 24.6 Å². The number of nitrogens with zero attached hydrogens (tertiary/aromatic N) is 1. The van der Waals surface area contributed by atoms with Crippen molar-refractivity contribution in [1.29, 1.82) is 0 Å². The van der Waals surface area contributed by atoms with Gasteiger partial charge in [-0.05, 0) is 29.7 Å². The highest BCUT2D eigenvalue weighted by Gasteiger charge is 2.35. The highest BCUT2D eigenvalue weighted by atomic mass is 16.6. The van der Waals surface area contributed by atoms with Gasteiger partial charge >= 0.3 is 18.0 Å². The maximum atomic E-state index is 13.2. The zero-order valence-electron chi connectivity index (χ0n) is 20.7. The van der Waals surface area contributed by atoms with Crippen LogP contribution in [0.3, 0.4) is 0 Å². The molecule has 9 heteroatoms. The molecule has 0 radical (unpaired) electrons. The van der Waals surface area contributed by atoms with E-state index in [1.165, 1.54) is 7.11 Å². The molecule has 0 saturated carbocycles. The molecule has 1 amide bonds. The first-order chi connectivity index (χ1) is 17.8. The van der Waals surface area contributed by atoms with Crippen LogP contribution in [0.5, 0.6) is 5.75 Å². The van der Waals surface area contributed by atoms with E-state index in [4.69, 9.17) is 9.47 Å². The van der Waals surface area contributed by atoms with Gasteiger partial charge in [-0.1, -0.05) is 78.4 Å². The predicted octanol–water partition coefficient (Wildman–Crippen LogP) is 3.84. The van der Waals surface area contributed by atoms with Crippen LogP contribution in [0.15, 0.2) is 78.9 Å². The Bertz CT molecular complexity index is 1200. The summed E-state index contributed by atoms with van der Waals surface area (Å²) in [6, 6.07) is 20.2. The molecule has 0 bridgehead atoms. The number of carboxylic acids is 2. The summed E-state index contributed by atoms with van der Waals surface area (Å²) in [4.78, 5) is 37.8. The molecule has 3 aromatic rings. The van der Waals surface area contributed by atoms with Gasteiger partial charge in [0.1, 0.15) is 18.4 Å². The number of ether oxygens (including phenoxy) is 2. The lowest BCUT2D eigenvalue weighted by molar-refractivity contribution is -0.148. The third-order valence-corrected chi connectivity index (χ3v) is 5.72. The minimum atomic E-state index is -1.44. The van der Waals surface area contributed by atoms with Crippen molar-refractivity contribution in [3.63, 3.8) is 0 Å². The first kappa shape index (κ1) is 27.2. The second-order valence-electron chi connectivity index (χ2n) is 8.49.